The molecule has 1 N–H and O–H groups in total. The number of rotatable bonds is 6. The predicted octanol–water partition coefficient (Wildman–Crippen LogP) is 4.50. The summed E-state index contributed by atoms with van der Waals surface area (Å²) in [5, 5.41) is 2.92. The third-order valence-electron chi connectivity index (χ3n) is 5.86. The van der Waals surface area contributed by atoms with E-state index in [4.69, 9.17) is 4.98 Å². The summed E-state index contributed by atoms with van der Waals surface area (Å²) in [5.41, 5.74) is 4.69. The van der Waals surface area contributed by atoms with Crippen molar-refractivity contribution in [2.24, 2.45) is 0 Å². The van der Waals surface area contributed by atoms with Crippen molar-refractivity contribution in [2.75, 3.05) is 16.8 Å². The van der Waals surface area contributed by atoms with Gasteiger partial charge in [-0.05, 0) is 43.2 Å². The van der Waals surface area contributed by atoms with E-state index in [9.17, 15) is 9.59 Å². The van der Waals surface area contributed by atoms with Crippen LogP contribution in [0.3, 0.4) is 0 Å². The molecule has 5 rings (SSSR count). The zero-order valence-corrected chi connectivity index (χ0v) is 17.9. The van der Waals surface area contributed by atoms with E-state index in [1.165, 1.54) is 0 Å². The highest BCUT2D eigenvalue weighted by Gasteiger charge is 2.40. The van der Waals surface area contributed by atoms with Crippen molar-refractivity contribution in [3.63, 3.8) is 0 Å². The van der Waals surface area contributed by atoms with Crippen LogP contribution in [0.2, 0.25) is 0 Å². The summed E-state index contributed by atoms with van der Waals surface area (Å²) in [4.78, 5) is 32.7. The van der Waals surface area contributed by atoms with Crippen molar-refractivity contribution in [3.05, 3.63) is 90.0 Å². The average Bonchev–Trinajstić information content (AvgIpc) is 3.29. The Hall–Kier alpha value is -3.93. The van der Waals surface area contributed by atoms with Crippen LogP contribution in [0.5, 0.6) is 0 Å². The standard InChI is InChI=1S/C26H24N4O2/c1-18-11-13-20(14-12-18)27-24(31)17-23-25(32)29(16-15-19-7-3-2-4-8-19)26-28-21-9-5-6-10-22(21)30(23)26/h2-14,23H,15-17H2,1H3,(H,27,31)/t23-/m1/s1. The van der Waals surface area contributed by atoms with E-state index < -0.39 is 6.04 Å². The number of hydrogen-bond acceptors (Lipinski definition) is 3. The third-order valence-corrected chi connectivity index (χ3v) is 5.86. The molecule has 6 nitrogen and oxygen atoms in total. The van der Waals surface area contributed by atoms with E-state index in [1.807, 2.05) is 78.2 Å². The molecule has 1 atom stereocenters. The van der Waals surface area contributed by atoms with Gasteiger partial charge in [0, 0.05) is 12.2 Å². The van der Waals surface area contributed by atoms with Gasteiger partial charge in [0.2, 0.25) is 11.9 Å². The fourth-order valence-electron chi connectivity index (χ4n) is 4.22. The van der Waals surface area contributed by atoms with Crippen LogP contribution in [0.1, 0.15) is 23.6 Å². The summed E-state index contributed by atoms with van der Waals surface area (Å²) in [5.74, 6) is 0.328. The first-order valence-electron chi connectivity index (χ1n) is 10.8. The highest BCUT2D eigenvalue weighted by atomic mass is 16.2. The zero-order valence-electron chi connectivity index (χ0n) is 17.9. The van der Waals surface area contributed by atoms with Crippen LogP contribution in [0.25, 0.3) is 11.0 Å². The van der Waals surface area contributed by atoms with E-state index in [0.717, 1.165) is 34.3 Å². The third kappa shape index (κ3) is 3.75. The Balaban J connectivity index is 1.41. The van der Waals surface area contributed by atoms with Gasteiger partial charge in [-0.1, -0.05) is 60.2 Å². The Bertz CT molecular complexity index is 1280. The highest BCUT2D eigenvalue weighted by molar-refractivity contribution is 6.05. The van der Waals surface area contributed by atoms with Crippen LogP contribution < -0.4 is 10.2 Å². The number of amides is 2. The molecule has 4 aromatic rings. The van der Waals surface area contributed by atoms with Crippen molar-refractivity contribution in [1.29, 1.82) is 0 Å². The molecule has 0 aliphatic carbocycles. The van der Waals surface area contributed by atoms with Crippen LogP contribution in [-0.2, 0) is 16.0 Å². The number of fused-ring (bicyclic) bond motifs is 3. The largest absolute Gasteiger partial charge is 0.326 e. The molecular formula is C26H24N4O2. The van der Waals surface area contributed by atoms with Gasteiger partial charge in [0.1, 0.15) is 6.04 Å². The van der Waals surface area contributed by atoms with E-state index >= 15 is 0 Å². The van der Waals surface area contributed by atoms with Crippen molar-refractivity contribution >= 4 is 34.5 Å². The van der Waals surface area contributed by atoms with Gasteiger partial charge >= 0.3 is 0 Å². The molecule has 0 radical (unpaired) electrons. The monoisotopic (exact) mass is 424 g/mol. The minimum atomic E-state index is -0.612. The molecule has 0 bridgehead atoms. The molecule has 6 heteroatoms. The lowest BCUT2D eigenvalue weighted by molar-refractivity contribution is -0.124. The lowest BCUT2D eigenvalue weighted by Crippen LogP contribution is -2.33. The second-order valence-electron chi connectivity index (χ2n) is 8.13. The molecule has 1 aliphatic heterocycles. The van der Waals surface area contributed by atoms with E-state index in [0.29, 0.717) is 12.5 Å². The van der Waals surface area contributed by atoms with Crippen LogP contribution in [0.15, 0.2) is 78.9 Å². The summed E-state index contributed by atoms with van der Waals surface area (Å²) < 4.78 is 1.91. The number of anilines is 2. The van der Waals surface area contributed by atoms with Crippen LogP contribution in [-0.4, -0.2) is 27.9 Å². The predicted molar refractivity (Wildman–Crippen MR) is 126 cm³/mol. The summed E-state index contributed by atoms with van der Waals surface area (Å²) in [7, 11) is 0. The number of aromatic nitrogens is 2. The molecule has 32 heavy (non-hydrogen) atoms. The molecule has 1 aromatic heterocycles. The van der Waals surface area contributed by atoms with Crippen molar-refractivity contribution < 1.29 is 9.59 Å². The Labute approximate surface area is 186 Å². The number of aryl methyl sites for hydroxylation is 1. The van der Waals surface area contributed by atoms with Gasteiger partial charge in [-0.15, -0.1) is 0 Å². The zero-order chi connectivity index (χ0) is 22.1. The molecule has 0 saturated carbocycles. The smallest absolute Gasteiger partial charge is 0.253 e. The number of nitrogens with one attached hydrogen (secondary N) is 1. The summed E-state index contributed by atoms with van der Waals surface area (Å²) in [6, 6.07) is 24.8. The topological polar surface area (TPSA) is 67.2 Å². The van der Waals surface area contributed by atoms with Gasteiger partial charge in [0.05, 0.1) is 17.5 Å². The van der Waals surface area contributed by atoms with Gasteiger partial charge in [0.25, 0.3) is 5.91 Å². The summed E-state index contributed by atoms with van der Waals surface area (Å²) in [6.07, 6.45) is 0.778. The van der Waals surface area contributed by atoms with Gasteiger partial charge in [-0.2, -0.15) is 0 Å². The number of carbonyl (C=O) groups is 2. The minimum absolute atomic E-state index is 0.0574. The quantitative estimate of drug-likeness (QED) is 0.495. The van der Waals surface area contributed by atoms with Gasteiger partial charge in [-0.25, -0.2) is 4.98 Å². The lowest BCUT2D eigenvalue weighted by Gasteiger charge is -2.16. The van der Waals surface area contributed by atoms with E-state index in [-0.39, 0.29) is 18.2 Å². The van der Waals surface area contributed by atoms with Crippen LogP contribution in [0.4, 0.5) is 11.6 Å². The highest BCUT2D eigenvalue weighted by Crippen LogP contribution is 2.36. The molecule has 160 valence electrons. The Kier molecular flexibility index (Phi) is 5.19. The maximum Gasteiger partial charge on any atom is 0.253 e. The molecule has 0 unspecified atom stereocenters. The molecular weight excluding hydrogens is 400 g/mol. The van der Waals surface area contributed by atoms with Gasteiger partial charge in [-0.3, -0.25) is 19.1 Å². The first-order chi connectivity index (χ1) is 15.6. The minimum Gasteiger partial charge on any atom is -0.326 e. The van der Waals surface area contributed by atoms with Crippen molar-refractivity contribution in [3.8, 4) is 0 Å². The average molecular weight is 425 g/mol. The van der Waals surface area contributed by atoms with Gasteiger partial charge < -0.3 is 5.32 Å². The van der Waals surface area contributed by atoms with Crippen LogP contribution in [0, 0.1) is 6.92 Å². The first-order valence-corrected chi connectivity index (χ1v) is 10.8. The van der Waals surface area contributed by atoms with Gasteiger partial charge in [0.15, 0.2) is 0 Å². The SMILES string of the molecule is Cc1ccc(NC(=O)C[C@@H]2C(=O)N(CCc3ccccc3)c3nc4ccccc4n32)cc1. The maximum absolute atomic E-state index is 13.4. The molecule has 0 fully saturated rings. The number of nitrogens with zero attached hydrogens (tertiary/aromatic N) is 3. The molecule has 3 aromatic carbocycles. The first kappa shape index (κ1) is 20.0. The second-order valence-corrected chi connectivity index (χ2v) is 8.13. The number of hydrogen-bond donors (Lipinski definition) is 1. The maximum atomic E-state index is 13.4. The molecule has 2 heterocycles. The van der Waals surface area contributed by atoms with E-state index in [1.54, 1.807) is 4.90 Å². The fraction of sp³-hybridized carbons (Fsp3) is 0.192. The molecule has 0 spiro atoms. The Morgan fingerprint density at radius 3 is 2.47 bits per heavy atom. The fourth-order valence-corrected chi connectivity index (χ4v) is 4.22. The Morgan fingerprint density at radius 2 is 1.69 bits per heavy atom. The lowest BCUT2D eigenvalue weighted by atomic mass is 10.1. The van der Waals surface area contributed by atoms with Crippen molar-refractivity contribution in [2.45, 2.75) is 25.8 Å². The molecule has 1 aliphatic rings. The number of carbonyl (C=O) groups excluding carboxylic acids is 2. The molecule has 2 amide bonds. The number of benzene rings is 3. The number of para-hydroxylation sites is 2. The second kappa shape index (κ2) is 8.30. The van der Waals surface area contributed by atoms with Crippen LogP contribution >= 0.6 is 0 Å². The number of imidazole rings is 1. The van der Waals surface area contributed by atoms with E-state index in [2.05, 4.69) is 17.4 Å². The Morgan fingerprint density at radius 1 is 0.969 bits per heavy atom. The summed E-state index contributed by atoms with van der Waals surface area (Å²) in [6.45, 7) is 2.51. The van der Waals surface area contributed by atoms with Crippen molar-refractivity contribution in [1.82, 2.24) is 9.55 Å². The molecule has 0 saturated heterocycles. The normalized spacial score (nSPS) is 15.2. The summed E-state index contributed by atoms with van der Waals surface area (Å²) >= 11 is 0.